The second-order valence-electron chi connectivity index (χ2n) is 5.33. The van der Waals surface area contributed by atoms with E-state index in [1.54, 1.807) is 16.0 Å². The molecule has 8 nitrogen and oxygen atoms in total. The lowest BCUT2D eigenvalue weighted by Gasteiger charge is -2.42. The lowest BCUT2D eigenvalue weighted by atomic mass is 9.98. The number of hydrogen-bond acceptors (Lipinski definition) is 6. The fourth-order valence-electron chi connectivity index (χ4n) is 2.87. The van der Waals surface area contributed by atoms with Crippen molar-refractivity contribution >= 4 is 17.6 Å². The molecule has 0 saturated carbocycles. The van der Waals surface area contributed by atoms with Crippen LogP contribution in [0.3, 0.4) is 0 Å². The first-order chi connectivity index (χ1) is 10.2. The molecule has 8 heteroatoms. The van der Waals surface area contributed by atoms with Crippen molar-refractivity contribution in [3.63, 3.8) is 0 Å². The van der Waals surface area contributed by atoms with Crippen LogP contribution in [0.25, 0.3) is 0 Å². The Labute approximate surface area is 122 Å². The summed E-state index contributed by atoms with van der Waals surface area (Å²) in [5.74, 6) is 5.72. The molecule has 3 N–H and O–H groups in total. The molecule has 0 spiro atoms. The molecule has 2 aliphatic heterocycles. The number of nitrogens with two attached hydrogens (primary N) is 1. The molecule has 0 aromatic carbocycles. The average molecular weight is 290 g/mol. The Hall–Kier alpha value is -2.22. The van der Waals surface area contributed by atoms with Crippen LogP contribution in [0.2, 0.25) is 0 Å². The standard InChI is InChI=1S/C13H18N6O2/c14-17-11-6-15-9(5-16-11)7-18-8-12(20)19-4-2-1-3-10(19)13(18)21/h5-6,10H,1-4,7-8,14H2,(H,16,17). The van der Waals surface area contributed by atoms with Gasteiger partial charge in [0.15, 0.2) is 5.82 Å². The number of rotatable bonds is 3. The van der Waals surface area contributed by atoms with Crippen molar-refractivity contribution in [2.75, 3.05) is 18.5 Å². The average Bonchev–Trinajstić information content (AvgIpc) is 2.53. The maximum atomic E-state index is 12.5. The second-order valence-corrected chi connectivity index (χ2v) is 5.33. The minimum absolute atomic E-state index is 0.0112. The fraction of sp³-hybridized carbons (Fsp3) is 0.538. The van der Waals surface area contributed by atoms with Crippen LogP contribution in [-0.4, -0.2) is 50.7 Å². The van der Waals surface area contributed by atoms with Gasteiger partial charge in [-0.05, 0) is 19.3 Å². The largest absolute Gasteiger partial charge is 0.329 e. The molecule has 2 amide bonds. The van der Waals surface area contributed by atoms with Crippen molar-refractivity contribution in [3.8, 4) is 0 Å². The molecule has 21 heavy (non-hydrogen) atoms. The summed E-state index contributed by atoms with van der Waals surface area (Å²) >= 11 is 0. The number of hydrazine groups is 1. The number of fused-ring (bicyclic) bond motifs is 1. The van der Waals surface area contributed by atoms with E-state index >= 15 is 0 Å². The Morgan fingerprint density at radius 2 is 2.14 bits per heavy atom. The summed E-state index contributed by atoms with van der Waals surface area (Å²) in [5.41, 5.74) is 3.03. The van der Waals surface area contributed by atoms with Gasteiger partial charge in [0.1, 0.15) is 12.6 Å². The summed E-state index contributed by atoms with van der Waals surface area (Å²) in [5, 5.41) is 0. The molecular weight excluding hydrogens is 272 g/mol. The summed E-state index contributed by atoms with van der Waals surface area (Å²) in [6.45, 7) is 1.11. The summed E-state index contributed by atoms with van der Waals surface area (Å²) in [6, 6.07) is -0.294. The van der Waals surface area contributed by atoms with Crippen molar-refractivity contribution in [2.24, 2.45) is 5.84 Å². The monoisotopic (exact) mass is 290 g/mol. The Morgan fingerprint density at radius 1 is 1.29 bits per heavy atom. The Bertz CT molecular complexity index is 546. The number of carbonyl (C=O) groups excluding carboxylic acids is 2. The Morgan fingerprint density at radius 3 is 2.86 bits per heavy atom. The lowest BCUT2D eigenvalue weighted by molar-refractivity contribution is -0.158. The molecule has 2 fully saturated rings. The highest BCUT2D eigenvalue weighted by molar-refractivity contribution is 5.95. The highest BCUT2D eigenvalue weighted by atomic mass is 16.2. The van der Waals surface area contributed by atoms with E-state index in [0.717, 1.165) is 19.3 Å². The van der Waals surface area contributed by atoms with Gasteiger partial charge in [0.25, 0.3) is 0 Å². The summed E-state index contributed by atoms with van der Waals surface area (Å²) in [7, 11) is 0. The smallest absolute Gasteiger partial charge is 0.246 e. The first kappa shape index (κ1) is 13.7. The molecule has 1 aromatic rings. The predicted octanol–water partition coefficient (Wildman–Crippen LogP) is -0.515. The van der Waals surface area contributed by atoms with E-state index in [1.807, 2.05) is 0 Å². The molecule has 2 aliphatic rings. The van der Waals surface area contributed by atoms with E-state index in [1.165, 1.54) is 6.20 Å². The van der Waals surface area contributed by atoms with Crippen molar-refractivity contribution in [1.29, 1.82) is 0 Å². The van der Waals surface area contributed by atoms with E-state index < -0.39 is 0 Å². The molecule has 3 heterocycles. The zero-order valence-corrected chi connectivity index (χ0v) is 11.7. The number of aromatic nitrogens is 2. The number of hydrogen-bond donors (Lipinski definition) is 2. The molecule has 1 aromatic heterocycles. The second kappa shape index (κ2) is 5.65. The zero-order valence-electron chi connectivity index (χ0n) is 11.7. The van der Waals surface area contributed by atoms with Gasteiger partial charge in [-0.2, -0.15) is 0 Å². The summed E-state index contributed by atoms with van der Waals surface area (Å²) in [4.78, 5) is 36.2. The summed E-state index contributed by atoms with van der Waals surface area (Å²) < 4.78 is 0. The predicted molar refractivity (Wildman–Crippen MR) is 74.6 cm³/mol. The van der Waals surface area contributed by atoms with Gasteiger partial charge >= 0.3 is 0 Å². The number of nitrogens with zero attached hydrogens (tertiary/aromatic N) is 4. The topological polar surface area (TPSA) is 104 Å². The van der Waals surface area contributed by atoms with Crippen LogP contribution in [0.15, 0.2) is 12.4 Å². The fourth-order valence-corrected chi connectivity index (χ4v) is 2.87. The summed E-state index contributed by atoms with van der Waals surface area (Å²) in [6.07, 6.45) is 5.78. The van der Waals surface area contributed by atoms with Gasteiger partial charge in [0, 0.05) is 6.54 Å². The molecule has 2 saturated heterocycles. The third kappa shape index (κ3) is 2.66. The number of piperazine rings is 1. The van der Waals surface area contributed by atoms with Crippen LogP contribution >= 0.6 is 0 Å². The van der Waals surface area contributed by atoms with Gasteiger partial charge in [0.05, 0.1) is 24.6 Å². The highest BCUT2D eigenvalue weighted by Gasteiger charge is 2.40. The van der Waals surface area contributed by atoms with E-state index in [2.05, 4.69) is 15.4 Å². The quantitative estimate of drug-likeness (QED) is 0.573. The van der Waals surface area contributed by atoms with Gasteiger partial charge in [0.2, 0.25) is 11.8 Å². The molecule has 0 radical (unpaired) electrons. The van der Waals surface area contributed by atoms with Crippen molar-refractivity contribution in [1.82, 2.24) is 19.8 Å². The highest BCUT2D eigenvalue weighted by Crippen LogP contribution is 2.23. The SMILES string of the molecule is NNc1cnc(CN2CC(=O)N3CCCCC3C2=O)cn1. The van der Waals surface area contributed by atoms with E-state index in [0.29, 0.717) is 24.6 Å². The van der Waals surface area contributed by atoms with Crippen LogP contribution in [0.5, 0.6) is 0 Å². The van der Waals surface area contributed by atoms with Crippen molar-refractivity contribution in [3.05, 3.63) is 18.1 Å². The van der Waals surface area contributed by atoms with Crippen molar-refractivity contribution < 1.29 is 9.59 Å². The number of carbonyl (C=O) groups is 2. The normalized spacial score (nSPS) is 22.2. The van der Waals surface area contributed by atoms with Crippen molar-refractivity contribution in [2.45, 2.75) is 31.8 Å². The third-order valence-electron chi connectivity index (χ3n) is 3.95. The third-order valence-corrected chi connectivity index (χ3v) is 3.95. The van der Waals surface area contributed by atoms with E-state index in [-0.39, 0.29) is 24.4 Å². The molecule has 3 rings (SSSR count). The van der Waals surface area contributed by atoms with Gasteiger partial charge in [-0.25, -0.2) is 10.8 Å². The number of anilines is 1. The van der Waals surface area contributed by atoms with Crippen LogP contribution in [-0.2, 0) is 16.1 Å². The molecule has 112 valence electrons. The Balaban J connectivity index is 1.72. The number of nitrogens with one attached hydrogen (secondary N) is 1. The van der Waals surface area contributed by atoms with Crippen LogP contribution in [0.1, 0.15) is 25.0 Å². The van der Waals surface area contributed by atoms with Crippen LogP contribution in [0.4, 0.5) is 5.82 Å². The minimum Gasteiger partial charge on any atom is -0.329 e. The van der Waals surface area contributed by atoms with E-state index in [9.17, 15) is 9.59 Å². The number of nitrogen functional groups attached to an aromatic ring is 1. The Kier molecular flexibility index (Phi) is 3.70. The molecule has 1 unspecified atom stereocenters. The zero-order chi connectivity index (χ0) is 14.8. The van der Waals surface area contributed by atoms with Gasteiger partial charge < -0.3 is 15.2 Å². The minimum atomic E-state index is -0.294. The maximum Gasteiger partial charge on any atom is 0.246 e. The molecule has 1 atom stereocenters. The first-order valence-electron chi connectivity index (χ1n) is 7.05. The number of amides is 2. The van der Waals surface area contributed by atoms with Gasteiger partial charge in [-0.15, -0.1) is 0 Å². The van der Waals surface area contributed by atoms with Crippen LogP contribution in [0, 0.1) is 0 Å². The van der Waals surface area contributed by atoms with E-state index in [4.69, 9.17) is 5.84 Å². The number of piperidine rings is 1. The van der Waals surface area contributed by atoms with Gasteiger partial charge in [-0.3, -0.25) is 14.6 Å². The van der Waals surface area contributed by atoms with Crippen LogP contribution < -0.4 is 11.3 Å². The lowest BCUT2D eigenvalue weighted by Crippen LogP contribution is -2.60. The van der Waals surface area contributed by atoms with Gasteiger partial charge in [-0.1, -0.05) is 0 Å². The molecule has 0 bridgehead atoms. The molecule has 0 aliphatic carbocycles. The maximum absolute atomic E-state index is 12.5. The molecular formula is C13H18N6O2. The first-order valence-corrected chi connectivity index (χ1v) is 7.05.